The molecule has 2 aliphatic heterocycles. The van der Waals surface area contributed by atoms with Gasteiger partial charge in [-0.15, -0.1) is 0 Å². The van der Waals surface area contributed by atoms with E-state index >= 15 is 0 Å². The van der Waals surface area contributed by atoms with E-state index in [9.17, 15) is 27.9 Å². The lowest BCUT2D eigenvalue weighted by Gasteiger charge is -2.40. The van der Waals surface area contributed by atoms with Gasteiger partial charge in [0.05, 0.1) is 0 Å². The first-order valence-electron chi connectivity index (χ1n) is 13.4. The zero-order valence-corrected chi connectivity index (χ0v) is 22.0. The fourth-order valence-electron chi connectivity index (χ4n) is 5.78. The van der Waals surface area contributed by atoms with Gasteiger partial charge in [-0.3, -0.25) is 14.5 Å². The van der Waals surface area contributed by atoms with Crippen molar-refractivity contribution in [2.45, 2.75) is 74.8 Å². The van der Waals surface area contributed by atoms with Gasteiger partial charge in [-0.1, -0.05) is 42.5 Å². The van der Waals surface area contributed by atoms with Crippen LogP contribution in [0, 0.1) is 0 Å². The number of carbonyl (C=O) groups is 3. The molecule has 40 heavy (non-hydrogen) atoms. The maximum atomic E-state index is 13.0. The van der Waals surface area contributed by atoms with Gasteiger partial charge in [0.2, 0.25) is 5.91 Å². The standard InChI is InChI=1S/C27H33N3O3.C2HF3O2/c28-25(31)21-8-4-7-20(15-21)22-16-23-9-10-24(17-22)30(23)14-13-29(26(32)27(33)11-12-27)18-19-5-2-1-3-6-19;3-2(4,5)1(6)7/h1-8,15,22-24,33H,9-14,16-18H2,(H2,28,31);(H,6,7). The van der Waals surface area contributed by atoms with Crippen molar-refractivity contribution in [3.63, 3.8) is 0 Å². The lowest BCUT2D eigenvalue weighted by Crippen LogP contribution is -2.48. The summed E-state index contributed by atoms with van der Waals surface area (Å²) in [6.07, 6.45) is 0.529. The second-order valence-electron chi connectivity index (χ2n) is 10.8. The summed E-state index contributed by atoms with van der Waals surface area (Å²) in [4.78, 5) is 38.0. The van der Waals surface area contributed by atoms with E-state index in [2.05, 4.69) is 11.0 Å². The van der Waals surface area contributed by atoms with Crippen LogP contribution < -0.4 is 5.73 Å². The Morgan fingerprint density at radius 2 is 1.60 bits per heavy atom. The van der Waals surface area contributed by atoms with E-state index in [0.29, 0.717) is 49.5 Å². The van der Waals surface area contributed by atoms with Crippen LogP contribution in [-0.4, -0.2) is 74.7 Å². The number of aliphatic hydroxyl groups is 1. The number of piperidine rings is 1. The highest BCUT2D eigenvalue weighted by atomic mass is 19.4. The van der Waals surface area contributed by atoms with Crippen LogP contribution in [0.1, 0.15) is 65.9 Å². The van der Waals surface area contributed by atoms with Crippen LogP contribution >= 0.6 is 0 Å². The Balaban J connectivity index is 0.000000470. The fraction of sp³-hybridized carbons (Fsp3) is 0.483. The molecule has 2 aromatic rings. The van der Waals surface area contributed by atoms with Gasteiger partial charge in [0.1, 0.15) is 5.60 Å². The Morgan fingerprint density at radius 3 is 2.12 bits per heavy atom. The third-order valence-corrected chi connectivity index (χ3v) is 8.02. The SMILES string of the molecule is NC(=O)c1cccc(C2CC3CCC(C2)N3CCN(Cc2ccccc2)C(=O)C2(O)CC2)c1.O=C(O)C(F)(F)F. The number of nitrogens with two attached hydrogens (primary N) is 1. The average Bonchev–Trinajstić information content (AvgIpc) is 3.63. The van der Waals surface area contributed by atoms with Gasteiger partial charge in [0.25, 0.3) is 5.91 Å². The summed E-state index contributed by atoms with van der Waals surface area (Å²) < 4.78 is 31.7. The van der Waals surface area contributed by atoms with Crippen LogP contribution in [0.4, 0.5) is 13.2 Å². The highest BCUT2D eigenvalue weighted by Gasteiger charge is 2.50. The summed E-state index contributed by atoms with van der Waals surface area (Å²) in [5.74, 6) is -2.82. The lowest BCUT2D eigenvalue weighted by atomic mass is 9.84. The van der Waals surface area contributed by atoms with E-state index < -0.39 is 17.7 Å². The van der Waals surface area contributed by atoms with Gasteiger partial charge in [0, 0.05) is 37.3 Å². The molecule has 2 atom stereocenters. The van der Waals surface area contributed by atoms with Crippen molar-refractivity contribution in [2.75, 3.05) is 13.1 Å². The van der Waals surface area contributed by atoms with Gasteiger partial charge in [0.15, 0.2) is 0 Å². The van der Waals surface area contributed by atoms with E-state index in [-0.39, 0.29) is 11.8 Å². The van der Waals surface area contributed by atoms with Crippen molar-refractivity contribution in [3.05, 3.63) is 71.3 Å². The molecular formula is C29H34F3N3O5. The molecule has 0 spiro atoms. The van der Waals surface area contributed by atoms with E-state index in [1.54, 1.807) is 6.07 Å². The molecular weight excluding hydrogens is 527 g/mol. The number of benzene rings is 2. The van der Waals surface area contributed by atoms with E-state index in [1.165, 1.54) is 18.4 Å². The highest BCUT2D eigenvalue weighted by Crippen LogP contribution is 2.43. The van der Waals surface area contributed by atoms with Crippen LogP contribution in [0.25, 0.3) is 0 Å². The number of rotatable bonds is 8. The normalized spacial score (nSPS) is 23.1. The Kier molecular flexibility index (Phi) is 8.84. The summed E-state index contributed by atoms with van der Waals surface area (Å²) in [6, 6.07) is 18.8. The van der Waals surface area contributed by atoms with Crippen molar-refractivity contribution in [1.82, 2.24) is 9.80 Å². The van der Waals surface area contributed by atoms with Crippen molar-refractivity contribution >= 4 is 17.8 Å². The minimum absolute atomic E-state index is 0.128. The predicted molar refractivity (Wildman–Crippen MR) is 140 cm³/mol. The third kappa shape index (κ3) is 7.19. The van der Waals surface area contributed by atoms with Crippen LogP contribution in [0.5, 0.6) is 0 Å². The predicted octanol–water partition coefficient (Wildman–Crippen LogP) is 3.68. The van der Waals surface area contributed by atoms with Crippen LogP contribution in [0.2, 0.25) is 0 Å². The number of carboxylic acid groups (broad SMARTS) is 1. The Morgan fingerprint density at radius 1 is 1.00 bits per heavy atom. The molecule has 8 nitrogen and oxygen atoms in total. The molecule has 0 aromatic heterocycles. The number of hydrogen-bond acceptors (Lipinski definition) is 5. The third-order valence-electron chi connectivity index (χ3n) is 8.02. The van der Waals surface area contributed by atoms with Crippen molar-refractivity contribution in [3.8, 4) is 0 Å². The number of primary amides is 1. The number of fused-ring (bicyclic) bond motifs is 2. The summed E-state index contributed by atoms with van der Waals surface area (Å²) in [6.45, 7) is 2.00. The summed E-state index contributed by atoms with van der Waals surface area (Å²) in [5, 5.41) is 17.6. The quantitative estimate of drug-likeness (QED) is 0.452. The second-order valence-corrected chi connectivity index (χ2v) is 10.8. The molecule has 0 radical (unpaired) electrons. The van der Waals surface area contributed by atoms with Crippen LogP contribution in [0.15, 0.2) is 54.6 Å². The molecule has 2 unspecified atom stereocenters. The molecule has 4 N–H and O–H groups in total. The summed E-state index contributed by atoms with van der Waals surface area (Å²) >= 11 is 0. The van der Waals surface area contributed by atoms with Gasteiger partial charge in [-0.05, 0) is 67.7 Å². The minimum atomic E-state index is -5.08. The summed E-state index contributed by atoms with van der Waals surface area (Å²) in [7, 11) is 0. The number of carboxylic acids is 1. The molecule has 11 heteroatoms. The Hall–Kier alpha value is -3.44. The smallest absolute Gasteiger partial charge is 0.475 e. The Bertz CT molecular complexity index is 1200. The zero-order chi connectivity index (χ0) is 29.1. The maximum absolute atomic E-state index is 13.0. The number of nitrogens with zero attached hydrogens (tertiary/aromatic N) is 2. The number of aliphatic carboxylic acids is 1. The number of alkyl halides is 3. The first kappa shape index (κ1) is 29.5. The lowest BCUT2D eigenvalue weighted by molar-refractivity contribution is -0.192. The molecule has 2 bridgehead atoms. The molecule has 2 heterocycles. The molecule has 216 valence electrons. The van der Waals surface area contributed by atoms with E-state index in [0.717, 1.165) is 24.9 Å². The van der Waals surface area contributed by atoms with Crippen molar-refractivity contribution in [1.29, 1.82) is 0 Å². The highest BCUT2D eigenvalue weighted by molar-refractivity contribution is 5.93. The van der Waals surface area contributed by atoms with Crippen molar-refractivity contribution in [2.24, 2.45) is 5.73 Å². The minimum Gasteiger partial charge on any atom is -0.475 e. The number of amides is 2. The van der Waals surface area contributed by atoms with Crippen LogP contribution in [-0.2, 0) is 16.1 Å². The molecule has 3 aliphatic rings. The summed E-state index contributed by atoms with van der Waals surface area (Å²) in [5.41, 5.74) is 7.22. The number of halogens is 3. The maximum Gasteiger partial charge on any atom is 0.490 e. The van der Waals surface area contributed by atoms with E-state index in [1.807, 2.05) is 47.4 Å². The van der Waals surface area contributed by atoms with Gasteiger partial charge in [-0.2, -0.15) is 13.2 Å². The molecule has 2 saturated heterocycles. The van der Waals surface area contributed by atoms with Gasteiger partial charge in [-0.25, -0.2) is 4.79 Å². The average molecular weight is 562 g/mol. The molecule has 2 amide bonds. The molecule has 1 saturated carbocycles. The first-order valence-corrected chi connectivity index (χ1v) is 13.4. The van der Waals surface area contributed by atoms with Gasteiger partial charge >= 0.3 is 12.1 Å². The zero-order valence-electron chi connectivity index (χ0n) is 22.0. The fourth-order valence-corrected chi connectivity index (χ4v) is 5.78. The Labute approximate surface area is 230 Å². The first-order chi connectivity index (χ1) is 18.9. The molecule has 3 fully saturated rings. The van der Waals surface area contributed by atoms with Crippen molar-refractivity contribution < 1.29 is 37.8 Å². The number of carbonyl (C=O) groups excluding carboxylic acids is 2. The largest absolute Gasteiger partial charge is 0.490 e. The molecule has 2 aromatic carbocycles. The van der Waals surface area contributed by atoms with Crippen LogP contribution in [0.3, 0.4) is 0 Å². The molecule has 1 aliphatic carbocycles. The monoisotopic (exact) mass is 561 g/mol. The van der Waals surface area contributed by atoms with E-state index in [4.69, 9.17) is 15.6 Å². The molecule has 5 rings (SSSR count). The topological polar surface area (TPSA) is 124 Å². The van der Waals surface area contributed by atoms with Gasteiger partial charge < -0.3 is 20.8 Å². The number of hydrogen-bond donors (Lipinski definition) is 3. The second kappa shape index (κ2) is 12.0.